The summed E-state index contributed by atoms with van der Waals surface area (Å²) in [5.74, 6) is 0. The number of carbonyl (C=O) groups excluding carboxylic acids is 1. The molecular weight excluding hydrogens is 240 g/mol. The maximum Gasteiger partial charge on any atom is 0.171 e. The molecule has 2 nitrogen and oxygen atoms in total. The number of benzene rings is 1. The lowest BCUT2D eigenvalue weighted by atomic mass is 9.87. The van der Waals surface area contributed by atoms with Crippen LogP contribution in [-0.2, 0) is 4.43 Å². The highest BCUT2D eigenvalue weighted by Crippen LogP contribution is 2.32. The number of rotatable bonds is 5. The molecular formula is C15H24O2Si. The summed E-state index contributed by atoms with van der Waals surface area (Å²) in [6.45, 7) is 11.1. The van der Waals surface area contributed by atoms with Crippen LogP contribution in [-0.4, -0.2) is 15.3 Å². The van der Waals surface area contributed by atoms with Gasteiger partial charge in [0.25, 0.3) is 0 Å². The average Bonchev–Trinajstić information content (AvgIpc) is 2.26. The first-order valence-corrected chi connectivity index (χ1v) is 9.30. The largest absolute Gasteiger partial charge is 0.414 e. The first-order chi connectivity index (χ1) is 8.31. The van der Waals surface area contributed by atoms with Crippen LogP contribution in [0.1, 0.15) is 49.2 Å². The minimum Gasteiger partial charge on any atom is -0.414 e. The van der Waals surface area contributed by atoms with Gasteiger partial charge in [-0.25, -0.2) is 0 Å². The Labute approximate surface area is 112 Å². The summed E-state index contributed by atoms with van der Waals surface area (Å²) in [7, 11) is -1.08. The third kappa shape index (κ3) is 5.15. The molecule has 0 saturated carbocycles. The minimum absolute atomic E-state index is 0.150. The van der Waals surface area contributed by atoms with Crippen LogP contribution >= 0.6 is 0 Å². The van der Waals surface area contributed by atoms with Gasteiger partial charge in [-0.3, -0.25) is 4.79 Å². The van der Waals surface area contributed by atoms with Crippen molar-refractivity contribution < 1.29 is 9.22 Å². The van der Waals surface area contributed by atoms with Gasteiger partial charge < -0.3 is 4.43 Å². The zero-order valence-electron chi connectivity index (χ0n) is 12.1. The third-order valence-corrected chi connectivity index (χ3v) is 3.55. The molecule has 0 heterocycles. The van der Waals surface area contributed by atoms with Crippen LogP contribution in [0.25, 0.3) is 0 Å². The fourth-order valence-corrected chi connectivity index (χ4v) is 2.83. The lowest BCUT2D eigenvalue weighted by molar-refractivity contribution is 0.112. The van der Waals surface area contributed by atoms with Gasteiger partial charge in [-0.1, -0.05) is 45.0 Å². The van der Waals surface area contributed by atoms with Gasteiger partial charge in [0.2, 0.25) is 0 Å². The molecule has 100 valence electrons. The van der Waals surface area contributed by atoms with E-state index in [0.29, 0.717) is 0 Å². The minimum atomic E-state index is -1.08. The van der Waals surface area contributed by atoms with Gasteiger partial charge in [-0.15, -0.1) is 0 Å². The van der Waals surface area contributed by atoms with E-state index in [1.807, 2.05) is 24.3 Å². The monoisotopic (exact) mass is 264 g/mol. The number of hydrogen-bond donors (Lipinski definition) is 0. The SMILES string of the molecule is C[SiH](C)OC(CC(C)(C)C)c1ccc(C=O)cc1. The van der Waals surface area contributed by atoms with Gasteiger partial charge in [0.1, 0.15) is 6.29 Å². The summed E-state index contributed by atoms with van der Waals surface area (Å²) in [5, 5.41) is 0. The van der Waals surface area contributed by atoms with Crippen molar-refractivity contribution in [2.45, 2.75) is 46.4 Å². The molecule has 1 rings (SSSR count). The molecule has 0 N–H and O–H groups in total. The van der Waals surface area contributed by atoms with Crippen molar-refractivity contribution in [3.05, 3.63) is 35.4 Å². The highest BCUT2D eigenvalue weighted by Gasteiger charge is 2.21. The lowest BCUT2D eigenvalue weighted by Gasteiger charge is -2.28. The zero-order valence-corrected chi connectivity index (χ0v) is 13.2. The Bertz CT molecular complexity index is 376. The van der Waals surface area contributed by atoms with Gasteiger partial charge in [-0.05, 0) is 30.5 Å². The van der Waals surface area contributed by atoms with Crippen molar-refractivity contribution >= 4 is 15.3 Å². The molecule has 1 unspecified atom stereocenters. The van der Waals surface area contributed by atoms with E-state index in [1.165, 1.54) is 5.56 Å². The predicted molar refractivity (Wildman–Crippen MR) is 78.6 cm³/mol. The summed E-state index contributed by atoms with van der Waals surface area (Å²) >= 11 is 0. The number of aldehydes is 1. The van der Waals surface area contributed by atoms with Crippen LogP contribution in [0.15, 0.2) is 24.3 Å². The van der Waals surface area contributed by atoms with E-state index >= 15 is 0 Å². The predicted octanol–water partition coefficient (Wildman–Crippen LogP) is 3.98. The van der Waals surface area contributed by atoms with Gasteiger partial charge in [-0.2, -0.15) is 0 Å². The van der Waals surface area contributed by atoms with Gasteiger partial charge in [0.15, 0.2) is 9.04 Å². The number of hydrogen-bond acceptors (Lipinski definition) is 2. The number of carbonyl (C=O) groups is 1. The fraction of sp³-hybridized carbons (Fsp3) is 0.533. The molecule has 0 spiro atoms. The van der Waals surface area contributed by atoms with Gasteiger partial charge in [0, 0.05) is 5.56 Å². The fourth-order valence-electron chi connectivity index (χ4n) is 1.92. The van der Waals surface area contributed by atoms with Crippen LogP contribution in [0.5, 0.6) is 0 Å². The van der Waals surface area contributed by atoms with Gasteiger partial charge >= 0.3 is 0 Å². The molecule has 1 aromatic rings. The Balaban J connectivity index is 2.89. The van der Waals surface area contributed by atoms with Crippen LogP contribution < -0.4 is 0 Å². The average molecular weight is 264 g/mol. The molecule has 18 heavy (non-hydrogen) atoms. The topological polar surface area (TPSA) is 26.3 Å². The summed E-state index contributed by atoms with van der Waals surface area (Å²) in [4.78, 5) is 10.7. The van der Waals surface area contributed by atoms with E-state index < -0.39 is 9.04 Å². The quantitative estimate of drug-likeness (QED) is 0.594. The molecule has 0 saturated heterocycles. The Morgan fingerprint density at radius 1 is 1.22 bits per heavy atom. The molecule has 0 aromatic heterocycles. The van der Waals surface area contributed by atoms with E-state index in [2.05, 4.69) is 33.9 Å². The summed E-state index contributed by atoms with van der Waals surface area (Å²) in [5.41, 5.74) is 2.13. The Morgan fingerprint density at radius 3 is 2.17 bits per heavy atom. The van der Waals surface area contributed by atoms with Crippen molar-refractivity contribution in [3.63, 3.8) is 0 Å². The molecule has 1 atom stereocenters. The molecule has 0 aliphatic rings. The van der Waals surface area contributed by atoms with Crippen molar-refractivity contribution in [2.75, 3.05) is 0 Å². The maximum atomic E-state index is 10.7. The highest BCUT2D eigenvalue weighted by atomic mass is 28.3. The lowest BCUT2D eigenvalue weighted by Crippen LogP contribution is -2.19. The zero-order chi connectivity index (χ0) is 13.8. The summed E-state index contributed by atoms with van der Waals surface area (Å²) < 4.78 is 6.14. The molecule has 3 heteroatoms. The van der Waals surface area contributed by atoms with E-state index in [9.17, 15) is 4.79 Å². The molecule has 0 fully saturated rings. The van der Waals surface area contributed by atoms with Crippen molar-refractivity contribution in [2.24, 2.45) is 5.41 Å². The Hall–Kier alpha value is -0.933. The second-order valence-corrected chi connectivity index (χ2v) is 8.59. The first-order valence-electron chi connectivity index (χ1n) is 6.52. The summed E-state index contributed by atoms with van der Waals surface area (Å²) in [6.07, 6.45) is 2.02. The Kier molecular flexibility index (Phi) is 5.29. The van der Waals surface area contributed by atoms with E-state index in [1.54, 1.807) is 0 Å². The van der Waals surface area contributed by atoms with Crippen molar-refractivity contribution in [1.82, 2.24) is 0 Å². The van der Waals surface area contributed by atoms with Crippen LogP contribution in [0.2, 0.25) is 13.1 Å². The van der Waals surface area contributed by atoms with Crippen molar-refractivity contribution in [1.29, 1.82) is 0 Å². The molecule has 0 aliphatic heterocycles. The smallest absolute Gasteiger partial charge is 0.171 e. The normalized spacial score (nSPS) is 13.7. The van der Waals surface area contributed by atoms with Crippen LogP contribution in [0.3, 0.4) is 0 Å². The van der Waals surface area contributed by atoms with Crippen molar-refractivity contribution in [3.8, 4) is 0 Å². The standard InChI is InChI=1S/C15H24O2Si/c1-15(2,3)10-14(17-18(4)5)13-8-6-12(11-16)7-9-13/h6-9,11,14,18H,10H2,1-5H3. The molecule has 1 aromatic carbocycles. The molecule has 0 aliphatic carbocycles. The second-order valence-electron chi connectivity index (χ2n) is 6.22. The first kappa shape index (κ1) is 15.1. The van der Waals surface area contributed by atoms with E-state index in [4.69, 9.17) is 4.43 Å². The third-order valence-electron chi connectivity index (χ3n) is 2.68. The highest BCUT2D eigenvalue weighted by molar-refractivity contribution is 6.48. The maximum absolute atomic E-state index is 10.7. The van der Waals surface area contributed by atoms with E-state index in [0.717, 1.165) is 18.3 Å². The second kappa shape index (κ2) is 6.30. The van der Waals surface area contributed by atoms with Crippen LogP contribution in [0, 0.1) is 5.41 Å². The van der Waals surface area contributed by atoms with E-state index in [-0.39, 0.29) is 11.5 Å². The molecule has 0 amide bonds. The Morgan fingerprint density at radius 2 is 1.78 bits per heavy atom. The molecule has 0 radical (unpaired) electrons. The van der Waals surface area contributed by atoms with Crippen LogP contribution in [0.4, 0.5) is 0 Å². The van der Waals surface area contributed by atoms with Gasteiger partial charge in [0.05, 0.1) is 6.10 Å². The summed E-state index contributed by atoms with van der Waals surface area (Å²) in [6, 6.07) is 7.75. The molecule has 0 bridgehead atoms.